The zero-order valence-electron chi connectivity index (χ0n) is 12.7. The minimum Gasteiger partial charge on any atom is -0.352 e. The van der Waals surface area contributed by atoms with Crippen LogP contribution >= 0.6 is 22.6 Å². The molecule has 0 aliphatic rings. The standard InChI is InChI=1S/C15H21IN2O3/c1-9(2)13(10(3)4)8-17-15(19)12-7-11(18(20)21)5-6-14(12)16/h5-7,9-10,13H,8H2,1-4H3,(H,17,19). The van der Waals surface area contributed by atoms with Crippen LogP contribution in [0.15, 0.2) is 18.2 Å². The van der Waals surface area contributed by atoms with Gasteiger partial charge in [0.05, 0.1) is 10.5 Å². The number of benzene rings is 1. The van der Waals surface area contributed by atoms with Crippen LogP contribution in [0, 0.1) is 31.4 Å². The summed E-state index contributed by atoms with van der Waals surface area (Å²) in [5.41, 5.74) is 0.292. The third-order valence-electron chi connectivity index (χ3n) is 3.62. The predicted octanol–water partition coefficient (Wildman–Crippen LogP) is 3.86. The van der Waals surface area contributed by atoms with Gasteiger partial charge < -0.3 is 5.32 Å². The van der Waals surface area contributed by atoms with Crippen molar-refractivity contribution < 1.29 is 9.72 Å². The van der Waals surface area contributed by atoms with Gasteiger partial charge in [0.2, 0.25) is 0 Å². The number of amides is 1. The van der Waals surface area contributed by atoms with Gasteiger partial charge in [0.25, 0.3) is 11.6 Å². The lowest BCUT2D eigenvalue weighted by molar-refractivity contribution is -0.384. The Hall–Kier alpha value is -1.18. The van der Waals surface area contributed by atoms with Crippen LogP contribution in [0.25, 0.3) is 0 Å². The number of rotatable bonds is 6. The molecule has 0 aromatic heterocycles. The van der Waals surface area contributed by atoms with E-state index in [9.17, 15) is 14.9 Å². The molecule has 0 aliphatic heterocycles. The first-order valence-electron chi connectivity index (χ1n) is 6.96. The Morgan fingerprint density at radius 2 is 1.86 bits per heavy atom. The average molecular weight is 404 g/mol. The third kappa shape index (κ3) is 4.94. The number of nitrogens with one attached hydrogen (secondary N) is 1. The number of carbonyl (C=O) groups excluding carboxylic acids is 1. The molecule has 0 fully saturated rings. The first-order valence-corrected chi connectivity index (χ1v) is 8.04. The van der Waals surface area contributed by atoms with Crippen molar-refractivity contribution >= 4 is 34.2 Å². The van der Waals surface area contributed by atoms with Gasteiger partial charge in [0, 0.05) is 22.2 Å². The maximum absolute atomic E-state index is 12.3. The molecule has 1 N–H and O–H groups in total. The molecule has 5 nitrogen and oxygen atoms in total. The Balaban J connectivity index is 2.84. The Bertz CT molecular complexity index is 522. The van der Waals surface area contributed by atoms with E-state index in [0.29, 0.717) is 33.4 Å². The van der Waals surface area contributed by atoms with Crippen molar-refractivity contribution in [1.29, 1.82) is 0 Å². The fourth-order valence-electron chi connectivity index (χ4n) is 2.35. The van der Waals surface area contributed by atoms with Crippen LogP contribution in [0.3, 0.4) is 0 Å². The normalized spacial score (nSPS) is 11.2. The van der Waals surface area contributed by atoms with E-state index in [2.05, 4.69) is 33.0 Å². The zero-order valence-corrected chi connectivity index (χ0v) is 14.9. The van der Waals surface area contributed by atoms with E-state index >= 15 is 0 Å². The maximum atomic E-state index is 12.3. The fraction of sp³-hybridized carbons (Fsp3) is 0.533. The van der Waals surface area contributed by atoms with Gasteiger partial charge in [-0.3, -0.25) is 14.9 Å². The molecule has 1 amide bonds. The molecule has 0 heterocycles. The van der Waals surface area contributed by atoms with E-state index in [1.807, 2.05) is 22.6 Å². The molecule has 0 unspecified atom stereocenters. The predicted molar refractivity (Wildman–Crippen MR) is 91.3 cm³/mol. The highest BCUT2D eigenvalue weighted by Gasteiger charge is 2.20. The van der Waals surface area contributed by atoms with Gasteiger partial charge in [-0.2, -0.15) is 0 Å². The number of hydrogen-bond acceptors (Lipinski definition) is 3. The van der Waals surface area contributed by atoms with Crippen LogP contribution in [0.1, 0.15) is 38.1 Å². The molecule has 1 aromatic carbocycles. The van der Waals surface area contributed by atoms with Gasteiger partial charge >= 0.3 is 0 Å². The largest absolute Gasteiger partial charge is 0.352 e. The lowest BCUT2D eigenvalue weighted by Gasteiger charge is -2.25. The molecule has 0 saturated carbocycles. The Labute approximate surface area is 138 Å². The number of hydrogen-bond donors (Lipinski definition) is 1. The summed E-state index contributed by atoms with van der Waals surface area (Å²) in [5.74, 6) is 1.06. The number of nitrogens with zero attached hydrogens (tertiary/aromatic N) is 1. The van der Waals surface area contributed by atoms with E-state index in [4.69, 9.17) is 0 Å². The van der Waals surface area contributed by atoms with Crippen molar-refractivity contribution in [2.75, 3.05) is 6.54 Å². The molecule has 0 radical (unpaired) electrons. The van der Waals surface area contributed by atoms with Gasteiger partial charge in [0.15, 0.2) is 0 Å². The van der Waals surface area contributed by atoms with E-state index in [1.165, 1.54) is 12.1 Å². The van der Waals surface area contributed by atoms with E-state index in [-0.39, 0.29) is 11.6 Å². The second-order valence-corrected chi connectivity index (χ2v) is 6.95. The molecule has 1 rings (SSSR count). The maximum Gasteiger partial charge on any atom is 0.270 e. The van der Waals surface area contributed by atoms with Crippen LogP contribution in [0.5, 0.6) is 0 Å². The third-order valence-corrected chi connectivity index (χ3v) is 4.56. The summed E-state index contributed by atoms with van der Waals surface area (Å²) in [6.07, 6.45) is 0. The van der Waals surface area contributed by atoms with Gasteiger partial charge in [-0.25, -0.2) is 0 Å². The lowest BCUT2D eigenvalue weighted by Crippen LogP contribution is -2.34. The van der Waals surface area contributed by atoms with Crippen LogP contribution in [0.2, 0.25) is 0 Å². The monoisotopic (exact) mass is 404 g/mol. The Morgan fingerprint density at radius 1 is 1.29 bits per heavy atom. The van der Waals surface area contributed by atoms with Crippen molar-refractivity contribution in [3.05, 3.63) is 37.4 Å². The summed E-state index contributed by atoms with van der Waals surface area (Å²) in [5, 5.41) is 13.7. The highest BCUT2D eigenvalue weighted by molar-refractivity contribution is 14.1. The van der Waals surface area contributed by atoms with Gasteiger partial charge in [-0.05, 0) is 46.4 Å². The molecule has 0 spiro atoms. The van der Waals surface area contributed by atoms with Crippen LogP contribution in [-0.4, -0.2) is 17.4 Å². The molecule has 21 heavy (non-hydrogen) atoms. The molecule has 0 aliphatic carbocycles. The molecule has 0 bridgehead atoms. The summed E-state index contributed by atoms with van der Waals surface area (Å²) in [4.78, 5) is 22.6. The molecule has 6 heteroatoms. The van der Waals surface area contributed by atoms with Crippen LogP contribution in [-0.2, 0) is 0 Å². The Kier molecular flexibility index (Phi) is 6.57. The van der Waals surface area contributed by atoms with Crippen molar-refractivity contribution in [2.45, 2.75) is 27.7 Å². The van der Waals surface area contributed by atoms with Gasteiger partial charge in [-0.1, -0.05) is 27.7 Å². The highest BCUT2D eigenvalue weighted by atomic mass is 127. The van der Waals surface area contributed by atoms with E-state index in [1.54, 1.807) is 6.07 Å². The summed E-state index contributed by atoms with van der Waals surface area (Å²) in [6, 6.07) is 4.33. The minimum absolute atomic E-state index is 0.0650. The Morgan fingerprint density at radius 3 is 2.33 bits per heavy atom. The molecule has 0 atom stereocenters. The number of non-ortho nitro benzene ring substituents is 1. The van der Waals surface area contributed by atoms with Crippen molar-refractivity contribution in [2.24, 2.45) is 17.8 Å². The van der Waals surface area contributed by atoms with Gasteiger partial charge in [0.1, 0.15) is 0 Å². The van der Waals surface area contributed by atoms with Crippen LogP contribution < -0.4 is 5.32 Å². The number of carbonyl (C=O) groups is 1. The minimum atomic E-state index is -0.488. The number of nitro benzene ring substituents is 1. The average Bonchev–Trinajstić information content (AvgIpc) is 2.37. The molecular formula is C15H21IN2O3. The second-order valence-electron chi connectivity index (χ2n) is 5.78. The summed E-state index contributed by atoms with van der Waals surface area (Å²) in [7, 11) is 0. The van der Waals surface area contributed by atoms with E-state index < -0.39 is 4.92 Å². The first-order chi connectivity index (χ1) is 9.73. The smallest absolute Gasteiger partial charge is 0.270 e. The lowest BCUT2D eigenvalue weighted by atomic mass is 9.85. The number of halogens is 1. The molecule has 0 saturated heterocycles. The quantitative estimate of drug-likeness (QED) is 0.445. The zero-order chi connectivity index (χ0) is 16.2. The topological polar surface area (TPSA) is 72.2 Å². The fourth-order valence-corrected chi connectivity index (χ4v) is 2.93. The summed E-state index contributed by atoms with van der Waals surface area (Å²) < 4.78 is 0.710. The van der Waals surface area contributed by atoms with Gasteiger partial charge in [-0.15, -0.1) is 0 Å². The first kappa shape index (κ1) is 17.9. The highest BCUT2D eigenvalue weighted by Crippen LogP contribution is 2.21. The number of nitro groups is 1. The second kappa shape index (κ2) is 7.72. The molecule has 1 aromatic rings. The summed E-state index contributed by atoms with van der Waals surface area (Å²) >= 11 is 2.02. The molecule has 116 valence electrons. The van der Waals surface area contributed by atoms with Crippen LogP contribution in [0.4, 0.5) is 5.69 Å². The summed E-state index contributed by atoms with van der Waals surface area (Å²) in [6.45, 7) is 9.11. The van der Waals surface area contributed by atoms with Crippen molar-refractivity contribution in [3.63, 3.8) is 0 Å². The molecular weight excluding hydrogens is 383 g/mol. The van der Waals surface area contributed by atoms with Crippen molar-refractivity contribution in [1.82, 2.24) is 5.32 Å². The SMILES string of the molecule is CC(C)C(CNC(=O)c1cc([N+](=O)[O-])ccc1I)C(C)C. The van der Waals surface area contributed by atoms with Crippen molar-refractivity contribution in [3.8, 4) is 0 Å². The van der Waals surface area contributed by atoms with E-state index in [0.717, 1.165) is 0 Å².